The lowest BCUT2D eigenvalue weighted by atomic mass is 10.2. The van der Waals surface area contributed by atoms with Crippen LogP contribution in [0.5, 0.6) is 0 Å². The molecule has 0 unspecified atom stereocenters. The number of carbonyl (C=O) groups excluding carboxylic acids is 1. The van der Waals surface area contributed by atoms with Crippen molar-refractivity contribution in [2.24, 2.45) is 0 Å². The molecule has 0 fully saturated rings. The summed E-state index contributed by atoms with van der Waals surface area (Å²) >= 11 is 5.93. The number of carbonyl (C=O) groups is 1. The number of amides is 1. The summed E-state index contributed by atoms with van der Waals surface area (Å²) in [4.78, 5) is 29.7. The van der Waals surface area contributed by atoms with Crippen LogP contribution in [0.2, 0.25) is 5.02 Å². The molecule has 0 spiro atoms. The Bertz CT molecular complexity index is 1250. The highest BCUT2D eigenvalue weighted by Crippen LogP contribution is 2.18. The van der Waals surface area contributed by atoms with E-state index in [2.05, 4.69) is 10.3 Å². The van der Waals surface area contributed by atoms with E-state index in [9.17, 15) is 14.0 Å². The third-order valence-electron chi connectivity index (χ3n) is 4.77. The number of pyridine rings is 1. The van der Waals surface area contributed by atoms with Crippen molar-refractivity contribution in [1.82, 2.24) is 19.4 Å². The number of fused-ring (bicyclic) bond motifs is 1. The predicted molar refractivity (Wildman–Crippen MR) is 113 cm³/mol. The third kappa shape index (κ3) is 3.84. The van der Waals surface area contributed by atoms with Gasteiger partial charge in [-0.1, -0.05) is 48.0 Å². The summed E-state index contributed by atoms with van der Waals surface area (Å²) < 4.78 is 17.1. The molecular weight excluding hydrogens is 407 g/mol. The molecule has 1 amide bonds. The van der Waals surface area contributed by atoms with E-state index in [1.54, 1.807) is 16.8 Å². The Hall–Kier alpha value is -3.45. The van der Waals surface area contributed by atoms with Crippen molar-refractivity contribution in [2.45, 2.75) is 13.1 Å². The van der Waals surface area contributed by atoms with E-state index in [-0.39, 0.29) is 29.4 Å². The number of imidazole rings is 1. The third-order valence-corrected chi connectivity index (χ3v) is 5.08. The van der Waals surface area contributed by atoms with Crippen molar-refractivity contribution < 1.29 is 9.18 Å². The van der Waals surface area contributed by atoms with Crippen LogP contribution < -0.4 is 11.0 Å². The maximum absolute atomic E-state index is 13.9. The monoisotopic (exact) mass is 424 g/mol. The second kappa shape index (κ2) is 8.51. The summed E-state index contributed by atoms with van der Waals surface area (Å²) in [6.45, 7) is 0.711. The molecule has 0 atom stereocenters. The zero-order chi connectivity index (χ0) is 21.1. The van der Waals surface area contributed by atoms with Crippen molar-refractivity contribution >= 4 is 28.7 Å². The Kier molecular flexibility index (Phi) is 5.63. The van der Waals surface area contributed by atoms with Gasteiger partial charge in [-0.3, -0.25) is 13.9 Å². The van der Waals surface area contributed by atoms with Crippen LogP contribution in [-0.4, -0.2) is 26.6 Å². The van der Waals surface area contributed by atoms with Crippen molar-refractivity contribution in [3.63, 3.8) is 0 Å². The second-order valence-electron chi connectivity index (χ2n) is 6.70. The van der Waals surface area contributed by atoms with E-state index in [0.29, 0.717) is 17.7 Å². The first-order chi connectivity index (χ1) is 14.6. The van der Waals surface area contributed by atoms with E-state index in [1.807, 2.05) is 36.4 Å². The zero-order valence-corrected chi connectivity index (χ0v) is 16.6. The first kappa shape index (κ1) is 19.8. The average molecular weight is 425 g/mol. The van der Waals surface area contributed by atoms with Crippen LogP contribution >= 0.6 is 11.6 Å². The largest absolute Gasteiger partial charge is 0.350 e. The molecule has 6 nitrogen and oxygen atoms in total. The first-order valence-electron chi connectivity index (χ1n) is 9.36. The molecule has 152 valence electrons. The van der Waals surface area contributed by atoms with Gasteiger partial charge in [0, 0.05) is 19.3 Å². The molecule has 0 radical (unpaired) electrons. The number of nitrogens with zero attached hydrogens (tertiary/aromatic N) is 3. The van der Waals surface area contributed by atoms with E-state index in [0.717, 1.165) is 5.56 Å². The molecule has 2 aromatic carbocycles. The lowest BCUT2D eigenvalue weighted by Crippen LogP contribution is -2.32. The van der Waals surface area contributed by atoms with Crippen LogP contribution in [0.25, 0.3) is 11.2 Å². The highest BCUT2D eigenvalue weighted by atomic mass is 35.5. The number of hydrogen-bond acceptors (Lipinski definition) is 3. The smallest absolute Gasteiger partial charge is 0.330 e. The summed E-state index contributed by atoms with van der Waals surface area (Å²) in [6, 6.07) is 17.3. The Morgan fingerprint density at radius 2 is 1.83 bits per heavy atom. The number of rotatable bonds is 6. The molecule has 0 aliphatic carbocycles. The lowest BCUT2D eigenvalue weighted by molar-refractivity contribution is 0.0948. The van der Waals surface area contributed by atoms with Gasteiger partial charge in [-0.2, -0.15) is 0 Å². The van der Waals surface area contributed by atoms with Crippen molar-refractivity contribution in [3.05, 3.63) is 99.3 Å². The van der Waals surface area contributed by atoms with Gasteiger partial charge < -0.3 is 5.32 Å². The van der Waals surface area contributed by atoms with Gasteiger partial charge in [0.15, 0.2) is 5.65 Å². The fraction of sp³-hybridized carbons (Fsp3) is 0.136. The number of nitrogens with one attached hydrogen (secondary N) is 1. The minimum atomic E-state index is -0.696. The normalized spacial score (nSPS) is 11.0. The molecule has 0 saturated carbocycles. The SMILES string of the molecule is O=C(NCCn1c(=O)n(Cc2ccccc2)c2cccnc21)c1c(F)cccc1Cl. The van der Waals surface area contributed by atoms with Gasteiger partial charge in [0.25, 0.3) is 5.91 Å². The fourth-order valence-electron chi connectivity index (χ4n) is 3.35. The second-order valence-corrected chi connectivity index (χ2v) is 7.11. The van der Waals surface area contributed by atoms with Gasteiger partial charge in [-0.25, -0.2) is 14.2 Å². The molecule has 0 aliphatic heterocycles. The molecular formula is C22H18ClFN4O2. The van der Waals surface area contributed by atoms with E-state index in [4.69, 9.17) is 11.6 Å². The summed E-state index contributed by atoms with van der Waals surface area (Å²) in [5.41, 5.74) is 1.78. The van der Waals surface area contributed by atoms with Gasteiger partial charge in [-0.05, 0) is 29.8 Å². The first-order valence-corrected chi connectivity index (χ1v) is 9.74. The van der Waals surface area contributed by atoms with E-state index < -0.39 is 11.7 Å². The molecule has 4 aromatic rings. The minimum absolute atomic E-state index is 0.0331. The van der Waals surface area contributed by atoms with Gasteiger partial charge in [-0.15, -0.1) is 0 Å². The lowest BCUT2D eigenvalue weighted by Gasteiger charge is -2.08. The highest BCUT2D eigenvalue weighted by Gasteiger charge is 2.17. The number of aromatic nitrogens is 3. The molecule has 8 heteroatoms. The Morgan fingerprint density at radius 1 is 1.03 bits per heavy atom. The quantitative estimate of drug-likeness (QED) is 0.515. The van der Waals surface area contributed by atoms with Crippen LogP contribution in [-0.2, 0) is 13.1 Å². The molecule has 0 saturated heterocycles. The van der Waals surface area contributed by atoms with Gasteiger partial charge in [0.2, 0.25) is 0 Å². The summed E-state index contributed by atoms with van der Waals surface area (Å²) in [5.74, 6) is -1.33. The van der Waals surface area contributed by atoms with E-state index in [1.165, 1.54) is 22.8 Å². The van der Waals surface area contributed by atoms with Crippen molar-refractivity contribution in [3.8, 4) is 0 Å². The minimum Gasteiger partial charge on any atom is -0.350 e. The molecule has 0 aliphatic rings. The maximum atomic E-state index is 13.9. The number of hydrogen-bond donors (Lipinski definition) is 1. The topological polar surface area (TPSA) is 68.9 Å². The maximum Gasteiger partial charge on any atom is 0.330 e. The standard InChI is InChI=1S/C22H18ClFN4O2/c23-16-8-4-9-17(24)19(16)21(29)26-12-13-27-20-18(10-5-11-25-20)28(22(27)30)14-15-6-2-1-3-7-15/h1-11H,12-14H2,(H,26,29). The molecule has 2 aromatic heterocycles. The van der Waals surface area contributed by atoms with Crippen LogP contribution in [0.1, 0.15) is 15.9 Å². The summed E-state index contributed by atoms with van der Waals surface area (Å²) in [5, 5.41) is 2.65. The molecule has 30 heavy (non-hydrogen) atoms. The van der Waals surface area contributed by atoms with Crippen LogP contribution in [0.15, 0.2) is 71.7 Å². The molecule has 0 bridgehead atoms. The Balaban J connectivity index is 1.57. The molecule has 1 N–H and O–H groups in total. The predicted octanol–water partition coefficient (Wildman–Crippen LogP) is 3.47. The highest BCUT2D eigenvalue weighted by molar-refractivity contribution is 6.33. The number of halogens is 2. The van der Waals surface area contributed by atoms with Gasteiger partial charge in [0.1, 0.15) is 5.82 Å². The van der Waals surface area contributed by atoms with Crippen molar-refractivity contribution in [2.75, 3.05) is 6.54 Å². The summed E-state index contributed by atoms with van der Waals surface area (Å²) in [7, 11) is 0. The van der Waals surface area contributed by atoms with Crippen LogP contribution in [0.3, 0.4) is 0 Å². The van der Waals surface area contributed by atoms with Gasteiger partial charge in [0.05, 0.1) is 22.6 Å². The van der Waals surface area contributed by atoms with Crippen molar-refractivity contribution in [1.29, 1.82) is 0 Å². The average Bonchev–Trinajstić information content (AvgIpc) is 3.00. The Morgan fingerprint density at radius 3 is 2.60 bits per heavy atom. The van der Waals surface area contributed by atoms with Gasteiger partial charge >= 0.3 is 5.69 Å². The Labute approximate surface area is 176 Å². The van der Waals surface area contributed by atoms with Crippen LogP contribution in [0, 0.1) is 5.82 Å². The van der Waals surface area contributed by atoms with Crippen LogP contribution in [0.4, 0.5) is 4.39 Å². The molecule has 4 rings (SSSR count). The summed E-state index contributed by atoms with van der Waals surface area (Å²) in [6.07, 6.45) is 1.61. The fourth-order valence-corrected chi connectivity index (χ4v) is 3.60. The zero-order valence-electron chi connectivity index (χ0n) is 15.9. The molecule has 2 heterocycles. The number of benzene rings is 2. The van der Waals surface area contributed by atoms with E-state index >= 15 is 0 Å².